The van der Waals surface area contributed by atoms with Gasteiger partial charge in [0.1, 0.15) is 11.5 Å². The number of anilines is 1. The molecule has 0 spiro atoms. The number of fused-ring (bicyclic) bond motifs is 1. The van der Waals surface area contributed by atoms with E-state index in [1.807, 2.05) is 37.3 Å². The molecule has 2 aromatic carbocycles. The number of benzene rings is 2. The molecule has 30 heavy (non-hydrogen) atoms. The summed E-state index contributed by atoms with van der Waals surface area (Å²) in [6.45, 7) is 6.69. The van der Waals surface area contributed by atoms with Crippen molar-refractivity contribution in [2.24, 2.45) is 4.99 Å². The van der Waals surface area contributed by atoms with Crippen LogP contribution in [0.4, 0.5) is 5.69 Å². The summed E-state index contributed by atoms with van der Waals surface area (Å²) in [7, 11) is 1.75. The van der Waals surface area contributed by atoms with E-state index >= 15 is 0 Å². The first-order valence-electron chi connectivity index (χ1n) is 10.3. The maximum atomic E-state index is 12.2. The lowest BCUT2D eigenvalue weighted by molar-refractivity contribution is -0.121. The van der Waals surface area contributed by atoms with Gasteiger partial charge in [-0.15, -0.1) is 0 Å². The molecule has 0 unspecified atom stereocenters. The molecule has 1 aliphatic rings. The first kappa shape index (κ1) is 21.5. The van der Waals surface area contributed by atoms with Crippen molar-refractivity contribution in [2.75, 3.05) is 38.3 Å². The fourth-order valence-electron chi connectivity index (χ4n) is 3.34. The van der Waals surface area contributed by atoms with Crippen LogP contribution in [-0.4, -0.2) is 45.2 Å². The number of hydrogen-bond acceptors (Lipinski definition) is 4. The van der Waals surface area contributed by atoms with Crippen molar-refractivity contribution in [3.8, 4) is 11.5 Å². The molecule has 0 saturated carbocycles. The Hall–Kier alpha value is -3.22. The van der Waals surface area contributed by atoms with Crippen LogP contribution in [0.15, 0.2) is 47.5 Å². The van der Waals surface area contributed by atoms with Gasteiger partial charge in [-0.3, -0.25) is 9.79 Å². The molecule has 0 radical (unpaired) electrons. The fourth-order valence-corrected chi connectivity index (χ4v) is 3.34. The number of nitrogens with one attached hydrogen (secondary N) is 2. The van der Waals surface area contributed by atoms with Crippen molar-refractivity contribution in [1.29, 1.82) is 0 Å². The Morgan fingerprint density at radius 3 is 2.87 bits per heavy atom. The van der Waals surface area contributed by atoms with Gasteiger partial charge in [-0.2, -0.15) is 0 Å². The molecule has 0 saturated heterocycles. The van der Waals surface area contributed by atoms with Crippen LogP contribution in [0.3, 0.4) is 0 Å². The zero-order valence-corrected chi connectivity index (χ0v) is 17.9. The normalized spacial score (nSPS) is 13.5. The molecule has 0 fully saturated rings. The number of rotatable bonds is 8. The van der Waals surface area contributed by atoms with E-state index in [9.17, 15) is 4.79 Å². The summed E-state index contributed by atoms with van der Waals surface area (Å²) in [6.07, 6.45) is 0.787. The Morgan fingerprint density at radius 2 is 2.07 bits per heavy atom. The Kier molecular flexibility index (Phi) is 7.54. The number of hydrogen-bond donors (Lipinski definition) is 2. The standard InChI is InChI=1S/C23H30N4O3/c1-4-29-21-14-17(2)10-11-18(21)15-26-23(24-3)25-12-7-13-27-19-8-5-6-9-20(19)30-16-22(27)28/h5-6,8-11,14H,4,7,12-13,15-16H2,1-3H3,(H2,24,25,26). The van der Waals surface area contributed by atoms with Crippen LogP contribution >= 0.6 is 0 Å². The minimum Gasteiger partial charge on any atom is -0.494 e. The van der Waals surface area contributed by atoms with E-state index in [4.69, 9.17) is 9.47 Å². The highest BCUT2D eigenvalue weighted by Crippen LogP contribution is 2.31. The van der Waals surface area contributed by atoms with Gasteiger partial charge in [0, 0.05) is 32.2 Å². The van der Waals surface area contributed by atoms with E-state index in [1.165, 1.54) is 5.56 Å². The molecule has 7 heteroatoms. The molecule has 160 valence electrons. The number of carbonyl (C=O) groups is 1. The summed E-state index contributed by atoms with van der Waals surface area (Å²) < 4.78 is 11.2. The molecule has 0 atom stereocenters. The van der Waals surface area contributed by atoms with Gasteiger partial charge in [-0.1, -0.05) is 24.3 Å². The van der Waals surface area contributed by atoms with Gasteiger partial charge >= 0.3 is 0 Å². The summed E-state index contributed by atoms with van der Waals surface area (Å²) in [5.41, 5.74) is 3.09. The summed E-state index contributed by atoms with van der Waals surface area (Å²) in [4.78, 5) is 18.3. The third-order valence-corrected chi connectivity index (χ3v) is 4.85. The second kappa shape index (κ2) is 10.5. The van der Waals surface area contributed by atoms with Crippen molar-refractivity contribution in [1.82, 2.24) is 10.6 Å². The van der Waals surface area contributed by atoms with Gasteiger partial charge in [-0.05, 0) is 44.0 Å². The summed E-state index contributed by atoms with van der Waals surface area (Å²) in [5.74, 6) is 2.35. The van der Waals surface area contributed by atoms with Crippen LogP contribution in [0.25, 0.3) is 0 Å². The molecule has 3 rings (SSSR count). The maximum absolute atomic E-state index is 12.2. The molecular weight excluding hydrogens is 380 g/mol. The number of aryl methyl sites for hydroxylation is 1. The van der Waals surface area contributed by atoms with Crippen molar-refractivity contribution in [3.63, 3.8) is 0 Å². The van der Waals surface area contributed by atoms with E-state index < -0.39 is 0 Å². The van der Waals surface area contributed by atoms with Gasteiger partial charge < -0.3 is 25.0 Å². The van der Waals surface area contributed by atoms with Gasteiger partial charge in [-0.25, -0.2) is 0 Å². The third kappa shape index (κ3) is 5.43. The lowest BCUT2D eigenvalue weighted by atomic mass is 10.1. The van der Waals surface area contributed by atoms with Crippen molar-refractivity contribution in [3.05, 3.63) is 53.6 Å². The van der Waals surface area contributed by atoms with Crippen LogP contribution in [0.5, 0.6) is 11.5 Å². The lowest BCUT2D eigenvalue weighted by Gasteiger charge is -2.29. The fraction of sp³-hybridized carbons (Fsp3) is 0.391. The van der Waals surface area contributed by atoms with E-state index in [0.29, 0.717) is 32.2 Å². The Bertz CT molecular complexity index is 898. The quantitative estimate of drug-likeness (QED) is 0.398. The molecule has 0 aliphatic carbocycles. The van der Waals surface area contributed by atoms with E-state index in [2.05, 4.69) is 34.7 Å². The summed E-state index contributed by atoms with van der Waals surface area (Å²) >= 11 is 0. The molecule has 1 amide bonds. The van der Waals surface area contributed by atoms with Crippen molar-refractivity contribution in [2.45, 2.75) is 26.8 Å². The number of ether oxygens (including phenoxy) is 2. The zero-order valence-electron chi connectivity index (χ0n) is 17.9. The van der Waals surface area contributed by atoms with Crippen LogP contribution in [-0.2, 0) is 11.3 Å². The summed E-state index contributed by atoms with van der Waals surface area (Å²) in [6, 6.07) is 13.8. The van der Waals surface area contributed by atoms with Crippen LogP contribution in [0.1, 0.15) is 24.5 Å². The lowest BCUT2D eigenvalue weighted by Crippen LogP contribution is -2.42. The second-order valence-corrected chi connectivity index (χ2v) is 7.05. The van der Waals surface area contributed by atoms with E-state index in [0.717, 1.165) is 29.2 Å². The number of nitrogens with zero attached hydrogens (tertiary/aromatic N) is 2. The highest BCUT2D eigenvalue weighted by atomic mass is 16.5. The molecular formula is C23H30N4O3. The van der Waals surface area contributed by atoms with Gasteiger partial charge in [0.25, 0.3) is 5.91 Å². The number of aliphatic imine (C=N–C) groups is 1. The summed E-state index contributed by atoms with van der Waals surface area (Å²) in [5, 5.41) is 6.63. The van der Waals surface area contributed by atoms with Crippen LogP contribution < -0.4 is 25.0 Å². The Morgan fingerprint density at radius 1 is 1.23 bits per heavy atom. The number of carbonyl (C=O) groups excluding carboxylic acids is 1. The first-order chi connectivity index (χ1) is 14.6. The van der Waals surface area contributed by atoms with E-state index in [1.54, 1.807) is 11.9 Å². The third-order valence-electron chi connectivity index (χ3n) is 4.85. The highest BCUT2D eigenvalue weighted by Gasteiger charge is 2.24. The molecule has 0 aromatic heterocycles. The van der Waals surface area contributed by atoms with Gasteiger partial charge in [0.2, 0.25) is 0 Å². The molecule has 7 nitrogen and oxygen atoms in total. The van der Waals surface area contributed by atoms with E-state index in [-0.39, 0.29) is 12.5 Å². The van der Waals surface area contributed by atoms with Crippen molar-refractivity contribution < 1.29 is 14.3 Å². The predicted octanol–water partition coefficient (Wildman–Crippen LogP) is 2.87. The minimum atomic E-state index is -0.0148. The Labute approximate surface area is 178 Å². The Balaban J connectivity index is 1.48. The second-order valence-electron chi connectivity index (χ2n) is 7.05. The largest absolute Gasteiger partial charge is 0.494 e. The average Bonchev–Trinajstić information content (AvgIpc) is 2.76. The monoisotopic (exact) mass is 410 g/mol. The SMILES string of the molecule is CCOc1cc(C)ccc1CNC(=NC)NCCCN1C(=O)COc2ccccc21. The van der Waals surface area contributed by atoms with Gasteiger partial charge in [0.15, 0.2) is 12.6 Å². The topological polar surface area (TPSA) is 75.2 Å². The molecule has 2 aromatic rings. The number of amides is 1. The minimum absolute atomic E-state index is 0.0148. The number of guanidine groups is 1. The highest BCUT2D eigenvalue weighted by molar-refractivity contribution is 5.97. The average molecular weight is 411 g/mol. The maximum Gasteiger partial charge on any atom is 0.265 e. The molecule has 2 N–H and O–H groups in total. The molecule has 0 bridgehead atoms. The van der Waals surface area contributed by atoms with Crippen LogP contribution in [0, 0.1) is 6.92 Å². The number of para-hydroxylation sites is 2. The molecule has 1 heterocycles. The first-order valence-corrected chi connectivity index (χ1v) is 10.3. The smallest absolute Gasteiger partial charge is 0.265 e. The molecule has 1 aliphatic heterocycles. The van der Waals surface area contributed by atoms with Gasteiger partial charge in [0.05, 0.1) is 12.3 Å². The predicted molar refractivity (Wildman–Crippen MR) is 119 cm³/mol. The van der Waals surface area contributed by atoms with Crippen LogP contribution in [0.2, 0.25) is 0 Å². The van der Waals surface area contributed by atoms with Crippen molar-refractivity contribution >= 4 is 17.6 Å². The zero-order chi connectivity index (χ0) is 21.3.